The Hall–Kier alpha value is -4.01. The Labute approximate surface area is 184 Å². The van der Waals surface area contributed by atoms with Gasteiger partial charge in [-0.05, 0) is 55.7 Å². The summed E-state index contributed by atoms with van der Waals surface area (Å²) in [7, 11) is 0. The highest BCUT2D eigenvalue weighted by Gasteiger charge is 2.18. The molecule has 0 saturated carbocycles. The van der Waals surface area contributed by atoms with Crippen molar-refractivity contribution in [1.82, 2.24) is 20.5 Å². The molecule has 9 nitrogen and oxygen atoms in total. The van der Waals surface area contributed by atoms with Crippen LogP contribution in [0, 0.1) is 0 Å². The minimum Gasteiger partial charge on any atom is -0.484 e. The third-order valence-electron chi connectivity index (χ3n) is 5.33. The second kappa shape index (κ2) is 9.42. The van der Waals surface area contributed by atoms with Crippen molar-refractivity contribution in [2.24, 2.45) is 5.10 Å². The first-order valence-electron chi connectivity index (χ1n) is 10.4. The van der Waals surface area contributed by atoms with Gasteiger partial charge in [-0.1, -0.05) is 18.2 Å². The minimum absolute atomic E-state index is 0.00424. The van der Waals surface area contributed by atoms with Crippen LogP contribution >= 0.6 is 0 Å². The molecular formula is C23H23N5O4. The van der Waals surface area contributed by atoms with Crippen LogP contribution in [0.25, 0.3) is 10.8 Å². The van der Waals surface area contributed by atoms with Gasteiger partial charge in [0.15, 0.2) is 12.3 Å². The van der Waals surface area contributed by atoms with Gasteiger partial charge in [-0.2, -0.15) is 10.2 Å². The number of benzene rings is 2. The molecule has 9 heteroatoms. The molecule has 1 aliphatic rings. The van der Waals surface area contributed by atoms with Gasteiger partial charge in [-0.15, -0.1) is 0 Å². The number of aromatic amines is 1. The lowest BCUT2D eigenvalue weighted by molar-refractivity contribution is -0.132. The number of carbonyl (C=O) groups excluding carboxylic acids is 2. The molecular weight excluding hydrogens is 410 g/mol. The van der Waals surface area contributed by atoms with Crippen molar-refractivity contribution in [2.45, 2.75) is 19.8 Å². The molecule has 0 aliphatic carbocycles. The Kier molecular flexibility index (Phi) is 6.25. The van der Waals surface area contributed by atoms with Crippen molar-refractivity contribution in [3.8, 4) is 5.75 Å². The van der Waals surface area contributed by atoms with Crippen LogP contribution in [0.5, 0.6) is 5.75 Å². The Bertz CT molecular complexity index is 1230. The Balaban J connectivity index is 1.39. The van der Waals surface area contributed by atoms with E-state index >= 15 is 0 Å². The van der Waals surface area contributed by atoms with E-state index < -0.39 is 5.91 Å². The first-order chi connectivity index (χ1) is 15.5. The molecule has 1 fully saturated rings. The number of carbonyl (C=O) groups is 2. The summed E-state index contributed by atoms with van der Waals surface area (Å²) in [4.78, 5) is 38.3. The van der Waals surface area contributed by atoms with Gasteiger partial charge in [-0.25, -0.2) is 10.5 Å². The number of rotatable bonds is 6. The van der Waals surface area contributed by atoms with Crippen LogP contribution in [0.3, 0.4) is 0 Å². The Morgan fingerprint density at radius 3 is 2.50 bits per heavy atom. The lowest BCUT2D eigenvalue weighted by Gasteiger charge is -2.15. The molecule has 1 aliphatic heterocycles. The maximum Gasteiger partial charge on any atom is 0.292 e. The average Bonchev–Trinajstić information content (AvgIpc) is 3.37. The second-order valence-electron chi connectivity index (χ2n) is 7.49. The van der Waals surface area contributed by atoms with Crippen molar-refractivity contribution in [1.29, 1.82) is 0 Å². The molecule has 0 spiro atoms. The van der Waals surface area contributed by atoms with Crippen LogP contribution in [-0.4, -0.2) is 52.3 Å². The van der Waals surface area contributed by atoms with E-state index in [1.807, 2.05) is 4.90 Å². The number of ether oxygens (including phenoxy) is 1. The smallest absolute Gasteiger partial charge is 0.292 e. The van der Waals surface area contributed by atoms with E-state index in [-0.39, 0.29) is 23.8 Å². The third-order valence-corrected chi connectivity index (χ3v) is 5.33. The van der Waals surface area contributed by atoms with Crippen molar-refractivity contribution >= 4 is 28.3 Å². The quantitative estimate of drug-likeness (QED) is 0.456. The lowest BCUT2D eigenvalue weighted by atomic mass is 10.1. The Morgan fingerprint density at radius 1 is 1.09 bits per heavy atom. The number of nitrogens with zero attached hydrogens (tertiary/aromatic N) is 3. The standard InChI is InChI=1S/C23H23N5O4/c1-15(16-8-10-17(11-9-16)32-14-20(29)28-12-4-5-13-28)24-27-23(31)21-18-6-2-3-7-19(18)22(30)26-25-21/h2-3,6-11H,4-5,12-14H2,1H3,(H,26,30)(H,27,31)/b24-15+. The molecule has 1 aromatic heterocycles. The molecule has 2 aromatic carbocycles. The molecule has 0 unspecified atom stereocenters. The van der Waals surface area contributed by atoms with Gasteiger partial charge in [-0.3, -0.25) is 14.4 Å². The second-order valence-corrected chi connectivity index (χ2v) is 7.49. The molecule has 0 bridgehead atoms. The highest BCUT2D eigenvalue weighted by atomic mass is 16.5. The summed E-state index contributed by atoms with van der Waals surface area (Å²) < 4.78 is 5.58. The minimum atomic E-state index is -0.530. The van der Waals surface area contributed by atoms with E-state index in [0.29, 0.717) is 22.2 Å². The lowest BCUT2D eigenvalue weighted by Crippen LogP contribution is -2.32. The number of amides is 2. The van der Waals surface area contributed by atoms with E-state index in [1.165, 1.54) is 0 Å². The van der Waals surface area contributed by atoms with Crippen LogP contribution < -0.4 is 15.7 Å². The summed E-state index contributed by atoms with van der Waals surface area (Å²) in [6.07, 6.45) is 2.09. The first kappa shape index (κ1) is 21.2. The van der Waals surface area contributed by atoms with Gasteiger partial charge in [0.05, 0.1) is 11.1 Å². The number of hydrazone groups is 1. The van der Waals surface area contributed by atoms with Gasteiger partial charge in [0.2, 0.25) is 0 Å². The molecule has 4 rings (SSSR count). The highest BCUT2D eigenvalue weighted by molar-refractivity contribution is 6.06. The van der Waals surface area contributed by atoms with Crippen LogP contribution in [-0.2, 0) is 4.79 Å². The van der Waals surface area contributed by atoms with E-state index in [9.17, 15) is 14.4 Å². The van der Waals surface area contributed by atoms with Crippen molar-refractivity contribution < 1.29 is 14.3 Å². The molecule has 0 atom stereocenters. The number of hydrogen-bond donors (Lipinski definition) is 2. The first-order valence-corrected chi connectivity index (χ1v) is 10.4. The SMILES string of the molecule is C/C(=N\NC(=O)c1n[nH]c(=O)c2ccccc12)c1ccc(OCC(=O)N2CCCC2)cc1. The fraction of sp³-hybridized carbons (Fsp3) is 0.261. The number of H-pyrrole nitrogens is 1. The van der Waals surface area contributed by atoms with E-state index in [0.717, 1.165) is 31.5 Å². The van der Waals surface area contributed by atoms with Gasteiger partial charge in [0, 0.05) is 18.5 Å². The maximum atomic E-state index is 12.6. The third kappa shape index (κ3) is 4.66. The topological polar surface area (TPSA) is 117 Å². The molecule has 164 valence electrons. The summed E-state index contributed by atoms with van der Waals surface area (Å²) in [6.45, 7) is 3.37. The van der Waals surface area contributed by atoms with Crippen molar-refractivity contribution in [2.75, 3.05) is 19.7 Å². The van der Waals surface area contributed by atoms with E-state index in [4.69, 9.17) is 4.74 Å². The van der Waals surface area contributed by atoms with Crippen LogP contribution in [0.2, 0.25) is 0 Å². The molecule has 3 aromatic rings. The molecule has 2 amide bonds. The van der Waals surface area contributed by atoms with E-state index in [1.54, 1.807) is 55.5 Å². The predicted molar refractivity (Wildman–Crippen MR) is 120 cm³/mol. The highest BCUT2D eigenvalue weighted by Crippen LogP contribution is 2.15. The molecule has 32 heavy (non-hydrogen) atoms. The van der Waals surface area contributed by atoms with Gasteiger partial charge in [0.1, 0.15) is 5.75 Å². The van der Waals surface area contributed by atoms with Gasteiger partial charge < -0.3 is 9.64 Å². The monoisotopic (exact) mass is 433 g/mol. The maximum absolute atomic E-state index is 12.6. The van der Waals surface area contributed by atoms with Crippen molar-refractivity contribution in [3.63, 3.8) is 0 Å². The average molecular weight is 433 g/mol. The number of nitrogens with one attached hydrogen (secondary N) is 2. The van der Waals surface area contributed by atoms with E-state index in [2.05, 4.69) is 20.7 Å². The summed E-state index contributed by atoms with van der Waals surface area (Å²) >= 11 is 0. The summed E-state index contributed by atoms with van der Waals surface area (Å²) in [5, 5.41) is 11.2. The van der Waals surface area contributed by atoms with Gasteiger partial charge >= 0.3 is 0 Å². The number of aromatic nitrogens is 2. The Morgan fingerprint density at radius 2 is 1.78 bits per heavy atom. The van der Waals surface area contributed by atoms with Gasteiger partial charge in [0.25, 0.3) is 17.4 Å². The normalized spacial score (nSPS) is 13.9. The molecule has 0 radical (unpaired) electrons. The van der Waals surface area contributed by atoms with Crippen LogP contribution in [0.15, 0.2) is 58.4 Å². The zero-order chi connectivity index (χ0) is 22.5. The molecule has 2 N–H and O–H groups in total. The number of hydrogen-bond acceptors (Lipinski definition) is 6. The van der Waals surface area contributed by atoms with Crippen LogP contribution in [0.4, 0.5) is 0 Å². The number of likely N-dealkylation sites (tertiary alicyclic amines) is 1. The zero-order valence-corrected chi connectivity index (χ0v) is 17.6. The summed E-state index contributed by atoms with van der Waals surface area (Å²) in [5.74, 6) is 0.0506. The zero-order valence-electron chi connectivity index (χ0n) is 17.6. The number of fused-ring (bicyclic) bond motifs is 1. The predicted octanol–water partition coefficient (Wildman–Crippen LogP) is 2.08. The molecule has 1 saturated heterocycles. The fourth-order valence-corrected chi connectivity index (χ4v) is 3.54. The summed E-state index contributed by atoms with van der Waals surface area (Å²) in [5.41, 5.74) is 3.56. The largest absolute Gasteiger partial charge is 0.484 e. The molecule has 2 heterocycles. The summed E-state index contributed by atoms with van der Waals surface area (Å²) in [6, 6.07) is 13.9. The van der Waals surface area contributed by atoms with Crippen molar-refractivity contribution in [3.05, 3.63) is 70.1 Å². The van der Waals surface area contributed by atoms with Crippen LogP contribution in [0.1, 0.15) is 35.8 Å². The fourth-order valence-electron chi connectivity index (χ4n) is 3.54.